The van der Waals surface area contributed by atoms with E-state index >= 15 is 0 Å². The van der Waals surface area contributed by atoms with Crippen molar-refractivity contribution in [3.63, 3.8) is 0 Å². The predicted octanol–water partition coefficient (Wildman–Crippen LogP) is 3.76. The van der Waals surface area contributed by atoms with Crippen LogP contribution in [0.1, 0.15) is 44.6 Å². The molecule has 1 aromatic carbocycles. The van der Waals surface area contributed by atoms with Crippen LogP contribution in [0, 0.1) is 5.41 Å². The van der Waals surface area contributed by atoms with Gasteiger partial charge in [-0.1, -0.05) is 38.3 Å². The lowest BCUT2D eigenvalue weighted by Gasteiger charge is -2.33. The van der Waals surface area contributed by atoms with Gasteiger partial charge in [0.15, 0.2) is 11.5 Å². The number of nitrogens with one attached hydrogen (secondary N) is 1. The Morgan fingerprint density at radius 3 is 2.50 bits per heavy atom. The smallest absolute Gasteiger partial charge is 0.165 e. The highest BCUT2D eigenvalue weighted by Gasteiger charge is 2.26. The summed E-state index contributed by atoms with van der Waals surface area (Å²) in [5.74, 6) is 1.65. The number of hydrogen-bond donors (Lipinski definition) is 1. The lowest BCUT2D eigenvalue weighted by molar-refractivity contribution is 0.207. The minimum absolute atomic E-state index is 0.463. The first kappa shape index (κ1) is 15.2. The van der Waals surface area contributed by atoms with Gasteiger partial charge in [-0.2, -0.15) is 0 Å². The first-order chi connectivity index (χ1) is 9.68. The summed E-state index contributed by atoms with van der Waals surface area (Å²) in [5.41, 5.74) is 1.62. The molecule has 1 saturated carbocycles. The molecule has 0 unspecified atom stereocenters. The molecule has 2 rings (SSSR count). The maximum absolute atomic E-state index is 5.47. The minimum Gasteiger partial charge on any atom is -0.493 e. The van der Waals surface area contributed by atoms with Crippen molar-refractivity contribution in [1.29, 1.82) is 0 Å². The van der Waals surface area contributed by atoms with Gasteiger partial charge in [0, 0.05) is 18.7 Å². The fourth-order valence-electron chi connectivity index (χ4n) is 3.17. The molecule has 3 heteroatoms. The highest BCUT2D eigenvalue weighted by atomic mass is 16.5. The van der Waals surface area contributed by atoms with E-state index in [1.807, 2.05) is 12.1 Å². The average Bonchev–Trinajstić information content (AvgIpc) is 2.47. The van der Waals surface area contributed by atoms with E-state index in [2.05, 4.69) is 18.3 Å². The number of ether oxygens (including phenoxy) is 2. The Labute approximate surface area is 122 Å². The second-order valence-corrected chi connectivity index (χ2v) is 6.13. The van der Waals surface area contributed by atoms with Crippen molar-refractivity contribution >= 4 is 0 Å². The summed E-state index contributed by atoms with van der Waals surface area (Å²) < 4.78 is 10.8. The van der Waals surface area contributed by atoms with E-state index in [9.17, 15) is 0 Å². The van der Waals surface area contributed by atoms with Crippen LogP contribution in [0.5, 0.6) is 11.5 Å². The van der Waals surface area contributed by atoms with Crippen LogP contribution in [-0.2, 0) is 6.54 Å². The Kier molecular flexibility index (Phi) is 5.30. The molecular formula is C17H27NO2. The van der Waals surface area contributed by atoms with Gasteiger partial charge in [0.25, 0.3) is 0 Å². The highest BCUT2D eigenvalue weighted by Crippen LogP contribution is 2.35. The molecule has 1 aliphatic rings. The Bertz CT molecular complexity index is 425. The molecule has 0 amide bonds. The van der Waals surface area contributed by atoms with Gasteiger partial charge < -0.3 is 14.8 Å². The summed E-state index contributed by atoms with van der Waals surface area (Å²) in [4.78, 5) is 0. The van der Waals surface area contributed by atoms with Gasteiger partial charge in [0.2, 0.25) is 0 Å². The number of rotatable bonds is 6. The molecule has 0 heterocycles. The average molecular weight is 277 g/mol. The van der Waals surface area contributed by atoms with E-state index < -0.39 is 0 Å². The third-order valence-electron chi connectivity index (χ3n) is 4.41. The Morgan fingerprint density at radius 1 is 1.10 bits per heavy atom. The fourth-order valence-corrected chi connectivity index (χ4v) is 3.17. The molecule has 1 aromatic rings. The number of methoxy groups -OCH3 is 2. The van der Waals surface area contributed by atoms with Gasteiger partial charge >= 0.3 is 0 Å². The second-order valence-electron chi connectivity index (χ2n) is 6.13. The van der Waals surface area contributed by atoms with Crippen molar-refractivity contribution < 1.29 is 9.47 Å². The van der Waals surface area contributed by atoms with Crippen LogP contribution in [0.3, 0.4) is 0 Å². The van der Waals surface area contributed by atoms with Crippen LogP contribution in [-0.4, -0.2) is 20.8 Å². The first-order valence-electron chi connectivity index (χ1n) is 7.59. The minimum atomic E-state index is 0.463. The lowest BCUT2D eigenvalue weighted by Crippen LogP contribution is -2.33. The molecule has 1 fully saturated rings. The maximum atomic E-state index is 5.47. The molecule has 0 aliphatic heterocycles. The van der Waals surface area contributed by atoms with E-state index in [0.29, 0.717) is 5.41 Å². The van der Waals surface area contributed by atoms with Crippen molar-refractivity contribution in [2.24, 2.45) is 5.41 Å². The number of benzene rings is 1. The normalized spacial score (nSPS) is 17.8. The number of hydrogen-bond acceptors (Lipinski definition) is 3. The van der Waals surface area contributed by atoms with Crippen molar-refractivity contribution in [3.8, 4) is 11.5 Å². The monoisotopic (exact) mass is 277 g/mol. The van der Waals surface area contributed by atoms with Crippen LogP contribution >= 0.6 is 0 Å². The van der Waals surface area contributed by atoms with Crippen molar-refractivity contribution in [2.45, 2.75) is 45.6 Å². The van der Waals surface area contributed by atoms with E-state index in [-0.39, 0.29) is 0 Å². The fraction of sp³-hybridized carbons (Fsp3) is 0.647. The molecule has 0 saturated heterocycles. The van der Waals surface area contributed by atoms with Crippen LogP contribution in [0.25, 0.3) is 0 Å². The zero-order valence-corrected chi connectivity index (χ0v) is 13.0. The molecule has 20 heavy (non-hydrogen) atoms. The number of para-hydroxylation sites is 1. The van der Waals surface area contributed by atoms with Gasteiger partial charge in [0.1, 0.15) is 0 Å². The van der Waals surface area contributed by atoms with E-state index in [0.717, 1.165) is 30.2 Å². The van der Waals surface area contributed by atoms with Crippen molar-refractivity contribution in [2.75, 3.05) is 20.8 Å². The summed E-state index contributed by atoms with van der Waals surface area (Å²) in [7, 11) is 3.38. The quantitative estimate of drug-likeness (QED) is 0.858. The summed E-state index contributed by atoms with van der Waals surface area (Å²) in [5, 5.41) is 3.60. The molecule has 0 aromatic heterocycles. The molecule has 0 radical (unpaired) electrons. The molecule has 0 atom stereocenters. The molecule has 0 spiro atoms. The van der Waals surface area contributed by atoms with Crippen LogP contribution in [0.4, 0.5) is 0 Å². The largest absolute Gasteiger partial charge is 0.493 e. The van der Waals surface area contributed by atoms with E-state index in [4.69, 9.17) is 9.47 Å². The SMILES string of the molecule is COc1cccc(CNCC2(C)CCCCC2)c1OC. The zero-order chi connectivity index (χ0) is 14.4. The van der Waals surface area contributed by atoms with Crippen molar-refractivity contribution in [3.05, 3.63) is 23.8 Å². The van der Waals surface area contributed by atoms with Gasteiger partial charge in [-0.3, -0.25) is 0 Å². The van der Waals surface area contributed by atoms with Crippen LogP contribution in [0.2, 0.25) is 0 Å². The standard InChI is InChI=1S/C17H27NO2/c1-17(10-5-4-6-11-17)13-18-12-14-8-7-9-15(19-2)16(14)20-3/h7-9,18H,4-6,10-13H2,1-3H3. The first-order valence-corrected chi connectivity index (χ1v) is 7.59. The summed E-state index contributed by atoms with van der Waals surface area (Å²) in [6.07, 6.45) is 6.84. The van der Waals surface area contributed by atoms with E-state index in [1.165, 1.54) is 32.1 Å². The van der Waals surface area contributed by atoms with Gasteiger partial charge in [-0.15, -0.1) is 0 Å². The van der Waals surface area contributed by atoms with Crippen molar-refractivity contribution in [1.82, 2.24) is 5.32 Å². The van der Waals surface area contributed by atoms with Gasteiger partial charge in [-0.25, -0.2) is 0 Å². The second kappa shape index (κ2) is 6.98. The highest BCUT2D eigenvalue weighted by molar-refractivity contribution is 5.46. The topological polar surface area (TPSA) is 30.5 Å². The third kappa shape index (κ3) is 3.66. The third-order valence-corrected chi connectivity index (χ3v) is 4.41. The molecule has 3 nitrogen and oxygen atoms in total. The maximum Gasteiger partial charge on any atom is 0.165 e. The molecule has 0 bridgehead atoms. The summed E-state index contributed by atoms with van der Waals surface area (Å²) in [6, 6.07) is 6.04. The van der Waals surface area contributed by atoms with Gasteiger partial charge in [-0.05, 0) is 24.3 Å². The molecular weight excluding hydrogens is 250 g/mol. The van der Waals surface area contributed by atoms with Crippen LogP contribution < -0.4 is 14.8 Å². The summed E-state index contributed by atoms with van der Waals surface area (Å²) >= 11 is 0. The Balaban J connectivity index is 1.93. The molecule has 1 N–H and O–H groups in total. The molecule has 1 aliphatic carbocycles. The summed E-state index contributed by atoms with van der Waals surface area (Å²) in [6.45, 7) is 4.31. The van der Waals surface area contributed by atoms with Crippen LogP contribution in [0.15, 0.2) is 18.2 Å². The lowest BCUT2D eigenvalue weighted by atomic mass is 9.76. The zero-order valence-electron chi connectivity index (χ0n) is 13.0. The van der Waals surface area contributed by atoms with E-state index in [1.54, 1.807) is 14.2 Å². The van der Waals surface area contributed by atoms with Gasteiger partial charge in [0.05, 0.1) is 14.2 Å². The molecule has 112 valence electrons. The Morgan fingerprint density at radius 2 is 1.85 bits per heavy atom. The predicted molar refractivity (Wildman–Crippen MR) is 82.4 cm³/mol. The Hall–Kier alpha value is -1.22.